The van der Waals surface area contributed by atoms with Gasteiger partial charge in [0.1, 0.15) is 38.2 Å². The van der Waals surface area contributed by atoms with Crippen LogP contribution in [0.25, 0.3) is 0 Å². The summed E-state index contributed by atoms with van der Waals surface area (Å²) in [6.07, 6.45) is 0.0279. The van der Waals surface area contributed by atoms with Gasteiger partial charge in [0, 0.05) is 14.2 Å². The van der Waals surface area contributed by atoms with E-state index in [-0.39, 0.29) is 31.0 Å². The Morgan fingerprint density at radius 1 is 1.13 bits per heavy atom. The average Bonchev–Trinajstić information content (AvgIpc) is 3.26. The molecule has 10 heteroatoms. The molecule has 9 nitrogen and oxygen atoms in total. The van der Waals surface area contributed by atoms with E-state index in [1.807, 2.05) is 0 Å². The Hall–Kier alpha value is -0.983. The van der Waals surface area contributed by atoms with Crippen molar-refractivity contribution in [2.45, 2.75) is 69.6 Å². The van der Waals surface area contributed by atoms with Crippen LogP contribution in [0.1, 0.15) is 20.8 Å². The van der Waals surface area contributed by atoms with Gasteiger partial charge in [-0.15, -0.1) is 0 Å². The molecule has 2 saturated heterocycles. The molecule has 2 fully saturated rings. The fourth-order valence-corrected chi connectivity index (χ4v) is 4.76. The summed E-state index contributed by atoms with van der Waals surface area (Å²) in [4.78, 5) is 24.0. The van der Waals surface area contributed by atoms with Gasteiger partial charge in [-0.25, -0.2) is 0 Å². The van der Waals surface area contributed by atoms with Crippen molar-refractivity contribution in [1.29, 1.82) is 0 Å². The van der Waals surface area contributed by atoms with Crippen LogP contribution in [0.3, 0.4) is 0 Å². The van der Waals surface area contributed by atoms with Crippen molar-refractivity contribution in [2.24, 2.45) is 5.92 Å². The SMILES string of the molecule is COCOC[C@H]1O[C@H]2O[C@@H]1[C@H]([C@H](O[Si](C)(C)C(C)(C)C)C(=O)/C=C\C=O)[C@H]2OCOC. The highest BCUT2D eigenvalue weighted by Gasteiger charge is 2.61. The van der Waals surface area contributed by atoms with Gasteiger partial charge in [0.05, 0.1) is 18.6 Å². The zero-order valence-electron chi connectivity index (χ0n) is 19.5. The monoisotopic (exact) mass is 460 g/mol. The number of methoxy groups -OCH3 is 2. The van der Waals surface area contributed by atoms with Crippen molar-refractivity contribution in [3.05, 3.63) is 12.2 Å². The minimum atomic E-state index is -2.36. The largest absolute Gasteiger partial charge is 0.406 e. The Morgan fingerprint density at radius 2 is 1.81 bits per heavy atom. The van der Waals surface area contributed by atoms with Gasteiger partial charge in [-0.2, -0.15) is 0 Å². The second-order valence-corrected chi connectivity index (χ2v) is 14.0. The summed E-state index contributed by atoms with van der Waals surface area (Å²) in [5, 5.41) is -0.126. The quantitative estimate of drug-likeness (QED) is 0.134. The van der Waals surface area contributed by atoms with Crippen molar-refractivity contribution < 1.29 is 42.4 Å². The first-order valence-electron chi connectivity index (χ1n) is 10.4. The standard InChI is InChI=1S/C21H36O9Si/c1-21(2,3)31(6,7)30-17(14(23)9-8-10-22)16-18-15(11-26-12-24-4)28-20(29-18)19(16)27-13-25-5/h8-10,15-20H,11-13H2,1-7H3/b9-8-/t15-,16+,17-,18+,19-,20+/m1/s1. The van der Waals surface area contributed by atoms with Crippen molar-refractivity contribution in [3.8, 4) is 0 Å². The Morgan fingerprint density at radius 3 is 2.39 bits per heavy atom. The van der Waals surface area contributed by atoms with Crippen molar-refractivity contribution in [2.75, 3.05) is 34.4 Å². The molecule has 0 N–H and O–H groups in total. The fraction of sp³-hybridized carbons (Fsp3) is 0.810. The summed E-state index contributed by atoms with van der Waals surface area (Å²) in [5.74, 6) is -0.761. The lowest BCUT2D eigenvalue weighted by atomic mass is 9.85. The van der Waals surface area contributed by atoms with Gasteiger partial charge >= 0.3 is 0 Å². The van der Waals surface area contributed by atoms with Crippen LogP contribution in [0.4, 0.5) is 0 Å². The number of carbonyl (C=O) groups is 2. The molecule has 2 heterocycles. The topological polar surface area (TPSA) is 98.8 Å². The minimum Gasteiger partial charge on any atom is -0.406 e. The first kappa shape index (κ1) is 26.3. The van der Waals surface area contributed by atoms with Crippen LogP contribution >= 0.6 is 0 Å². The van der Waals surface area contributed by atoms with Crippen LogP contribution in [0.5, 0.6) is 0 Å². The summed E-state index contributed by atoms with van der Waals surface area (Å²) in [5.41, 5.74) is 0. The van der Waals surface area contributed by atoms with E-state index in [4.69, 9.17) is 32.8 Å². The lowest BCUT2D eigenvalue weighted by Crippen LogP contribution is -2.56. The average molecular weight is 461 g/mol. The van der Waals surface area contributed by atoms with Crippen LogP contribution in [0, 0.1) is 5.92 Å². The number of aldehydes is 1. The molecular weight excluding hydrogens is 424 g/mol. The van der Waals surface area contributed by atoms with Gasteiger partial charge in [0.2, 0.25) is 0 Å². The second kappa shape index (κ2) is 11.2. The molecule has 0 aromatic rings. The number of ketones is 1. The number of fused-ring (bicyclic) bond motifs is 2. The van der Waals surface area contributed by atoms with E-state index in [0.29, 0.717) is 6.29 Å². The molecule has 2 aliphatic heterocycles. The van der Waals surface area contributed by atoms with E-state index in [2.05, 4.69) is 33.9 Å². The summed E-state index contributed by atoms with van der Waals surface area (Å²) >= 11 is 0. The van der Waals surface area contributed by atoms with Crippen molar-refractivity contribution in [1.82, 2.24) is 0 Å². The van der Waals surface area contributed by atoms with E-state index in [9.17, 15) is 9.59 Å². The molecule has 0 radical (unpaired) electrons. The molecule has 31 heavy (non-hydrogen) atoms. The number of carbonyl (C=O) groups excluding carboxylic acids is 2. The first-order chi connectivity index (χ1) is 14.6. The molecule has 0 amide bonds. The second-order valence-electron chi connectivity index (χ2n) is 9.23. The Kier molecular flexibility index (Phi) is 9.52. The van der Waals surface area contributed by atoms with Crippen LogP contribution in [0.2, 0.25) is 18.1 Å². The molecule has 0 unspecified atom stereocenters. The number of allylic oxidation sites excluding steroid dienone is 1. The maximum absolute atomic E-state index is 13.2. The smallest absolute Gasteiger partial charge is 0.193 e. The van der Waals surface area contributed by atoms with E-state index >= 15 is 0 Å². The molecule has 2 bridgehead atoms. The van der Waals surface area contributed by atoms with Crippen molar-refractivity contribution in [3.63, 3.8) is 0 Å². The van der Waals surface area contributed by atoms with Crippen LogP contribution < -0.4 is 0 Å². The zero-order chi connectivity index (χ0) is 23.2. The van der Waals surface area contributed by atoms with Gasteiger partial charge in [-0.05, 0) is 30.3 Å². The van der Waals surface area contributed by atoms with E-state index < -0.39 is 44.9 Å². The molecule has 0 aromatic carbocycles. The molecule has 0 aliphatic carbocycles. The van der Waals surface area contributed by atoms with Gasteiger partial charge in [-0.1, -0.05) is 20.8 Å². The van der Waals surface area contributed by atoms with Gasteiger partial charge in [0.25, 0.3) is 0 Å². The third-order valence-corrected chi connectivity index (χ3v) is 10.5. The number of hydrogen-bond donors (Lipinski definition) is 0. The normalized spacial score (nSPS) is 29.6. The van der Waals surface area contributed by atoms with Crippen LogP contribution in [0.15, 0.2) is 12.2 Å². The molecule has 2 aliphatic rings. The molecule has 0 spiro atoms. The lowest BCUT2D eigenvalue weighted by molar-refractivity contribution is -0.194. The van der Waals surface area contributed by atoms with E-state index in [1.54, 1.807) is 0 Å². The van der Waals surface area contributed by atoms with Crippen molar-refractivity contribution >= 4 is 20.4 Å². The lowest BCUT2D eigenvalue weighted by Gasteiger charge is -2.43. The van der Waals surface area contributed by atoms with Gasteiger partial charge in [-0.3, -0.25) is 9.59 Å². The molecule has 0 aromatic heterocycles. The Labute approximate surface area is 185 Å². The summed E-state index contributed by atoms with van der Waals surface area (Å²) in [7, 11) is 0.703. The highest BCUT2D eigenvalue weighted by atomic mass is 28.4. The number of ether oxygens (including phenoxy) is 6. The molecule has 2 rings (SSSR count). The molecule has 178 valence electrons. The van der Waals surface area contributed by atoms with Crippen LogP contribution in [-0.4, -0.2) is 85.5 Å². The minimum absolute atomic E-state index is 0.0210. The predicted octanol–water partition coefficient (Wildman–Crippen LogP) is 2.05. The molecular formula is C21H36O9Si. The van der Waals surface area contributed by atoms with E-state index in [1.165, 1.54) is 26.4 Å². The van der Waals surface area contributed by atoms with Gasteiger partial charge < -0.3 is 32.8 Å². The maximum atomic E-state index is 13.2. The third-order valence-electron chi connectivity index (χ3n) is 6.05. The van der Waals surface area contributed by atoms with Gasteiger partial charge in [0.15, 0.2) is 20.4 Å². The fourth-order valence-electron chi connectivity index (χ4n) is 3.50. The zero-order valence-corrected chi connectivity index (χ0v) is 20.5. The highest BCUT2D eigenvalue weighted by Crippen LogP contribution is 2.45. The Bertz CT molecular complexity index is 631. The Balaban J connectivity index is 2.36. The molecule has 6 atom stereocenters. The number of rotatable bonds is 13. The number of hydrogen-bond acceptors (Lipinski definition) is 9. The van der Waals surface area contributed by atoms with Crippen LogP contribution in [-0.2, 0) is 42.4 Å². The summed E-state index contributed by atoms with van der Waals surface area (Å²) in [6, 6.07) is 0. The molecule has 0 saturated carbocycles. The first-order valence-corrected chi connectivity index (χ1v) is 13.3. The third kappa shape index (κ3) is 6.29. The predicted molar refractivity (Wildman–Crippen MR) is 114 cm³/mol. The maximum Gasteiger partial charge on any atom is 0.193 e. The summed E-state index contributed by atoms with van der Waals surface area (Å²) in [6.45, 7) is 10.8. The highest BCUT2D eigenvalue weighted by molar-refractivity contribution is 6.74. The van der Waals surface area contributed by atoms with E-state index in [0.717, 1.165) is 0 Å². The summed E-state index contributed by atoms with van der Waals surface area (Å²) < 4.78 is 39.9.